The fourth-order valence-electron chi connectivity index (χ4n) is 2.54. The first-order valence-corrected chi connectivity index (χ1v) is 8.17. The van der Waals surface area contributed by atoms with E-state index in [4.69, 9.17) is 23.2 Å². The molecule has 0 aliphatic carbocycles. The Bertz CT molecular complexity index is 558. The molecule has 112 valence electrons. The van der Waals surface area contributed by atoms with Crippen LogP contribution in [0.3, 0.4) is 0 Å². The van der Waals surface area contributed by atoms with E-state index in [9.17, 15) is 0 Å². The van der Waals surface area contributed by atoms with Crippen molar-refractivity contribution >= 4 is 23.2 Å². The quantitative estimate of drug-likeness (QED) is 0.725. The predicted molar refractivity (Wildman–Crippen MR) is 92.4 cm³/mol. The smallest absolute Gasteiger partial charge is 0.0577 e. The standard InChI is InChI=1S/C18H21Cl2N/c1-3-5-13-6-8-14(9-7-13)18(21-4-2)15-10-16(19)12-17(20)11-15/h6-12,18,21H,3-5H2,1-2H3. The van der Waals surface area contributed by atoms with E-state index in [1.807, 2.05) is 12.1 Å². The molecule has 0 fully saturated rings. The molecule has 2 aromatic rings. The van der Waals surface area contributed by atoms with Crippen LogP contribution in [0.15, 0.2) is 42.5 Å². The zero-order valence-electron chi connectivity index (χ0n) is 12.5. The van der Waals surface area contributed by atoms with Crippen LogP contribution < -0.4 is 5.32 Å². The molecule has 0 saturated heterocycles. The van der Waals surface area contributed by atoms with Gasteiger partial charge in [0.15, 0.2) is 0 Å². The molecule has 3 heteroatoms. The molecule has 1 atom stereocenters. The molecule has 1 N–H and O–H groups in total. The molecule has 0 amide bonds. The van der Waals surface area contributed by atoms with Crippen molar-refractivity contribution in [2.75, 3.05) is 6.54 Å². The third kappa shape index (κ3) is 4.47. The normalized spacial score (nSPS) is 12.4. The van der Waals surface area contributed by atoms with E-state index in [2.05, 4.69) is 43.4 Å². The van der Waals surface area contributed by atoms with Crippen molar-refractivity contribution in [2.24, 2.45) is 0 Å². The lowest BCUT2D eigenvalue weighted by atomic mass is 9.97. The second-order valence-corrected chi connectivity index (χ2v) is 6.06. The van der Waals surface area contributed by atoms with E-state index >= 15 is 0 Å². The van der Waals surface area contributed by atoms with Crippen LogP contribution in [-0.2, 0) is 6.42 Å². The maximum atomic E-state index is 6.14. The van der Waals surface area contributed by atoms with E-state index in [0.29, 0.717) is 10.0 Å². The number of nitrogens with one attached hydrogen (secondary N) is 1. The third-order valence-corrected chi connectivity index (χ3v) is 3.91. The topological polar surface area (TPSA) is 12.0 Å². The van der Waals surface area contributed by atoms with E-state index in [-0.39, 0.29) is 6.04 Å². The molecule has 0 radical (unpaired) electrons. The van der Waals surface area contributed by atoms with Gasteiger partial charge in [-0.15, -0.1) is 0 Å². The Kier molecular flexibility index (Phi) is 6.10. The van der Waals surface area contributed by atoms with E-state index in [0.717, 1.165) is 18.5 Å². The van der Waals surface area contributed by atoms with Crippen LogP contribution in [0.4, 0.5) is 0 Å². The predicted octanol–water partition coefficient (Wildman–Crippen LogP) is 5.64. The number of aryl methyl sites for hydroxylation is 1. The van der Waals surface area contributed by atoms with Gasteiger partial charge in [-0.25, -0.2) is 0 Å². The zero-order chi connectivity index (χ0) is 15.2. The molecule has 1 unspecified atom stereocenters. The first-order valence-electron chi connectivity index (χ1n) is 7.42. The summed E-state index contributed by atoms with van der Waals surface area (Å²) in [6.45, 7) is 5.18. The summed E-state index contributed by atoms with van der Waals surface area (Å²) in [5.41, 5.74) is 3.70. The molecular formula is C18H21Cl2N. The first kappa shape index (κ1) is 16.4. The Morgan fingerprint density at radius 3 is 2.05 bits per heavy atom. The van der Waals surface area contributed by atoms with Gasteiger partial charge in [0, 0.05) is 10.0 Å². The molecule has 0 aliphatic rings. The second-order valence-electron chi connectivity index (χ2n) is 5.19. The van der Waals surface area contributed by atoms with Gasteiger partial charge in [-0.1, -0.05) is 67.7 Å². The fourth-order valence-corrected chi connectivity index (χ4v) is 3.08. The number of rotatable bonds is 6. The summed E-state index contributed by atoms with van der Waals surface area (Å²) in [6, 6.07) is 14.6. The summed E-state index contributed by atoms with van der Waals surface area (Å²) in [5, 5.41) is 4.84. The number of hydrogen-bond acceptors (Lipinski definition) is 1. The minimum Gasteiger partial charge on any atom is -0.307 e. The Morgan fingerprint density at radius 1 is 0.905 bits per heavy atom. The summed E-state index contributed by atoms with van der Waals surface area (Å²) in [4.78, 5) is 0. The van der Waals surface area contributed by atoms with E-state index in [1.54, 1.807) is 6.07 Å². The highest BCUT2D eigenvalue weighted by Gasteiger charge is 2.14. The van der Waals surface area contributed by atoms with Gasteiger partial charge in [-0.05, 0) is 47.9 Å². The van der Waals surface area contributed by atoms with Gasteiger partial charge in [0.1, 0.15) is 0 Å². The minimum absolute atomic E-state index is 0.113. The number of benzene rings is 2. The molecule has 0 heterocycles. The van der Waals surface area contributed by atoms with Crippen molar-refractivity contribution in [3.63, 3.8) is 0 Å². The molecule has 1 nitrogen and oxygen atoms in total. The van der Waals surface area contributed by atoms with Crippen molar-refractivity contribution in [3.8, 4) is 0 Å². The van der Waals surface area contributed by atoms with Crippen LogP contribution >= 0.6 is 23.2 Å². The fraction of sp³-hybridized carbons (Fsp3) is 0.333. The van der Waals surface area contributed by atoms with Crippen molar-refractivity contribution in [1.82, 2.24) is 5.32 Å². The summed E-state index contributed by atoms with van der Waals surface area (Å²) < 4.78 is 0. The number of halogens is 2. The van der Waals surface area contributed by atoms with Gasteiger partial charge in [0.2, 0.25) is 0 Å². The molecule has 0 bridgehead atoms. The zero-order valence-corrected chi connectivity index (χ0v) is 14.0. The van der Waals surface area contributed by atoms with Gasteiger partial charge in [0.25, 0.3) is 0 Å². The molecular weight excluding hydrogens is 301 g/mol. The Balaban J connectivity index is 2.33. The second kappa shape index (κ2) is 7.84. The monoisotopic (exact) mass is 321 g/mol. The maximum Gasteiger partial charge on any atom is 0.0577 e. The van der Waals surface area contributed by atoms with Crippen LogP contribution in [0, 0.1) is 0 Å². The van der Waals surface area contributed by atoms with Gasteiger partial charge >= 0.3 is 0 Å². The van der Waals surface area contributed by atoms with Crippen LogP contribution in [0.2, 0.25) is 10.0 Å². The minimum atomic E-state index is 0.113. The lowest BCUT2D eigenvalue weighted by molar-refractivity contribution is 0.630. The average Bonchev–Trinajstić information content (AvgIpc) is 2.45. The van der Waals surface area contributed by atoms with Gasteiger partial charge in [0.05, 0.1) is 6.04 Å². The highest BCUT2D eigenvalue weighted by atomic mass is 35.5. The third-order valence-electron chi connectivity index (χ3n) is 3.48. The lowest BCUT2D eigenvalue weighted by Crippen LogP contribution is -2.22. The van der Waals surface area contributed by atoms with Crippen molar-refractivity contribution in [3.05, 3.63) is 69.2 Å². The molecule has 2 rings (SSSR count). The molecule has 21 heavy (non-hydrogen) atoms. The van der Waals surface area contributed by atoms with Crippen LogP contribution in [0.5, 0.6) is 0 Å². The Morgan fingerprint density at radius 2 is 1.52 bits per heavy atom. The highest BCUT2D eigenvalue weighted by Crippen LogP contribution is 2.28. The molecule has 0 aromatic heterocycles. The highest BCUT2D eigenvalue weighted by molar-refractivity contribution is 6.34. The summed E-state index contributed by atoms with van der Waals surface area (Å²) in [6.07, 6.45) is 2.29. The SMILES string of the molecule is CCCc1ccc(C(NCC)c2cc(Cl)cc(Cl)c2)cc1. The Hall–Kier alpha value is -1.02. The average molecular weight is 322 g/mol. The van der Waals surface area contributed by atoms with Crippen molar-refractivity contribution in [1.29, 1.82) is 0 Å². The van der Waals surface area contributed by atoms with Crippen LogP contribution in [0.25, 0.3) is 0 Å². The largest absolute Gasteiger partial charge is 0.307 e. The molecule has 0 aliphatic heterocycles. The van der Waals surface area contributed by atoms with Gasteiger partial charge < -0.3 is 5.32 Å². The molecule has 0 saturated carbocycles. The van der Waals surface area contributed by atoms with E-state index in [1.165, 1.54) is 17.5 Å². The lowest BCUT2D eigenvalue weighted by Gasteiger charge is -2.20. The van der Waals surface area contributed by atoms with Crippen LogP contribution in [0.1, 0.15) is 43.0 Å². The molecule has 0 spiro atoms. The van der Waals surface area contributed by atoms with Crippen LogP contribution in [-0.4, -0.2) is 6.54 Å². The van der Waals surface area contributed by atoms with Crippen molar-refractivity contribution < 1.29 is 0 Å². The van der Waals surface area contributed by atoms with Crippen molar-refractivity contribution in [2.45, 2.75) is 32.7 Å². The summed E-state index contributed by atoms with van der Waals surface area (Å²) in [5.74, 6) is 0. The summed E-state index contributed by atoms with van der Waals surface area (Å²) >= 11 is 12.3. The Labute approximate surface area is 137 Å². The number of hydrogen-bond donors (Lipinski definition) is 1. The maximum absolute atomic E-state index is 6.14. The first-order chi connectivity index (χ1) is 10.1. The molecule has 2 aromatic carbocycles. The van der Waals surface area contributed by atoms with Gasteiger partial charge in [-0.2, -0.15) is 0 Å². The summed E-state index contributed by atoms with van der Waals surface area (Å²) in [7, 11) is 0. The van der Waals surface area contributed by atoms with E-state index < -0.39 is 0 Å². The van der Waals surface area contributed by atoms with Gasteiger partial charge in [-0.3, -0.25) is 0 Å².